The van der Waals surface area contributed by atoms with Crippen molar-refractivity contribution in [1.29, 1.82) is 0 Å². The molecule has 2 aliphatic rings. The Bertz CT molecular complexity index is 810. The molecule has 2 heterocycles. The Hall–Kier alpha value is -1.36. The number of halogens is 2. The first kappa shape index (κ1) is 17.1. The van der Waals surface area contributed by atoms with Gasteiger partial charge in [-0.2, -0.15) is 0 Å². The largest absolute Gasteiger partial charge is 0.337 e. The molecule has 2 aromatic carbocycles. The predicted molar refractivity (Wildman–Crippen MR) is 104 cm³/mol. The molecule has 5 heteroatoms. The van der Waals surface area contributed by atoms with E-state index in [0.29, 0.717) is 16.6 Å². The summed E-state index contributed by atoms with van der Waals surface area (Å²) in [6.45, 7) is 3.64. The van der Waals surface area contributed by atoms with Gasteiger partial charge in [0.25, 0.3) is 5.91 Å². The number of rotatable bonds is 2. The van der Waals surface area contributed by atoms with Crippen molar-refractivity contribution >= 4 is 33.4 Å². The van der Waals surface area contributed by atoms with Gasteiger partial charge in [0.05, 0.1) is 10.6 Å². The molecule has 1 saturated heterocycles. The Balaban J connectivity index is 1.45. The number of benzene rings is 2. The van der Waals surface area contributed by atoms with Crippen LogP contribution in [-0.2, 0) is 13.0 Å². The molecule has 1 unspecified atom stereocenters. The lowest BCUT2D eigenvalue weighted by Crippen LogP contribution is -2.41. The first-order valence-electron chi connectivity index (χ1n) is 8.67. The zero-order valence-electron chi connectivity index (χ0n) is 13.9. The van der Waals surface area contributed by atoms with Gasteiger partial charge in [0.15, 0.2) is 0 Å². The lowest BCUT2D eigenvalue weighted by Gasteiger charge is -2.33. The second kappa shape index (κ2) is 7.10. The molecular formula is C20H20BrClN2O. The minimum absolute atomic E-state index is 0.0335. The fraction of sp³-hybridized carbons (Fsp3) is 0.350. The highest BCUT2D eigenvalue weighted by molar-refractivity contribution is 9.10. The maximum atomic E-state index is 12.8. The van der Waals surface area contributed by atoms with Crippen LogP contribution in [-0.4, -0.2) is 41.4 Å². The highest BCUT2D eigenvalue weighted by atomic mass is 79.9. The van der Waals surface area contributed by atoms with Gasteiger partial charge < -0.3 is 4.90 Å². The number of carbonyl (C=O) groups is 1. The number of fused-ring (bicyclic) bond motifs is 1. The summed E-state index contributed by atoms with van der Waals surface area (Å²) in [7, 11) is 0. The van der Waals surface area contributed by atoms with Crippen molar-refractivity contribution in [3.63, 3.8) is 0 Å². The van der Waals surface area contributed by atoms with Crippen LogP contribution in [0.25, 0.3) is 0 Å². The summed E-state index contributed by atoms with van der Waals surface area (Å²) in [6, 6.07) is 14.6. The summed E-state index contributed by atoms with van der Waals surface area (Å²) in [5, 5.41) is 0.517. The topological polar surface area (TPSA) is 23.6 Å². The fourth-order valence-electron chi connectivity index (χ4n) is 3.89. The molecular weight excluding hydrogens is 400 g/mol. The highest BCUT2D eigenvalue weighted by Crippen LogP contribution is 2.27. The normalized spacial score (nSPS) is 20.6. The number of likely N-dealkylation sites (tertiary alicyclic amines) is 1. The van der Waals surface area contributed by atoms with E-state index in [2.05, 4.69) is 45.1 Å². The van der Waals surface area contributed by atoms with Crippen LogP contribution in [0, 0.1) is 0 Å². The average Bonchev–Trinajstić information content (AvgIpc) is 3.13. The van der Waals surface area contributed by atoms with E-state index in [4.69, 9.17) is 11.6 Å². The molecule has 0 N–H and O–H groups in total. The molecule has 0 radical (unpaired) electrons. The fourth-order valence-corrected chi connectivity index (χ4v) is 4.44. The second-order valence-corrected chi connectivity index (χ2v) is 8.13. The van der Waals surface area contributed by atoms with E-state index in [0.717, 1.165) is 43.5 Å². The Morgan fingerprint density at radius 2 is 1.92 bits per heavy atom. The highest BCUT2D eigenvalue weighted by Gasteiger charge is 2.32. The summed E-state index contributed by atoms with van der Waals surface area (Å²) in [6.07, 6.45) is 2.12. The number of nitrogens with zero attached hydrogens (tertiary/aromatic N) is 2. The third kappa shape index (κ3) is 3.48. The van der Waals surface area contributed by atoms with Crippen molar-refractivity contribution in [2.75, 3.05) is 19.6 Å². The number of hydrogen-bond acceptors (Lipinski definition) is 2. The van der Waals surface area contributed by atoms with Crippen LogP contribution in [0.1, 0.15) is 27.9 Å². The van der Waals surface area contributed by atoms with Gasteiger partial charge in [0.1, 0.15) is 0 Å². The molecule has 0 aliphatic carbocycles. The summed E-state index contributed by atoms with van der Waals surface area (Å²) < 4.78 is 0.878. The molecule has 0 aromatic heterocycles. The minimum Gasteiger partial charge on any atom is -0.337 e. The van der Waals surface area contributed by atoms with Crippen LogP contribution in [0.4, 0.5) is 0 Å². The van der Waals surface area contributed by atoms with Gasteiger partial charge in [-0.05, 0) is 42.2 Å². The van der Waals surface area contributed by atoms with E-state index in [1.165, 1.54) is 11.1 Å². The molecule has 1 fully saturated rings. The Morgan fingerprint density at radius 3 is 2.76 bits per heavy atom. The van der Waals surface area contributed by atoms with Gasteiger partial charge in [0, 0.05) is 36.7 Å². The lowest BCUT2D eigenvalue weighted by molar-refractivity contribution is 0.0773. The predicted octanol–water partition coefficient (Wildman–Crippen LogP) is 4.38. The molecule has 1 amide bonds. The molecule has 0 spiro atoms. The zero-order valence-corrected chi connectivity index (χ0v) is 16.3. The van der Waals surface area contributed by atoms with Crippen LogP contribution in [0.5, 0.6) is 0 Å². The van der Waals surface area contributed by atoms with Crippen LogP contribution < -0.4 is 0 Å². The van der Waals surface area contributed by atoms with E-state index in [1.54, 1.807) is 6.07 Å². The summed E-state index contributed by atoms with van der Waals surface area (Å²) >= 11 is 9.66. The maximum Gasteiger partial charge on any atom is 0.255 e. The Morgan fingerprint density at radius 1 is 1.12 bits per heavy atom. The molecule has 0 bridgehead atoms. The summed E-state index contributed by atoms with van der Waals surface area (Å²) in [5.41, 5.74) is 3.47. The molecule has 25 heavy (non-hydrogen) atoms. The van der Waals surface area contributed by atoms with Crippen molar-refractivity contribution in [2.45, 2.75) is 25.4 Å². The number of amides is 1. The number of carbonyl (C=O) groups excluding carboxylic acids is 1. The third-order valence-electron chi connectivity index (χ3n) is 5.29. The molecule has 0 saturated carbocycles. The van der Waals surface area contributed by atoms with E-state index in [-0.39, 0.29) is 5.91 Å². The minimum atomic E-state index is 0.0335. The Kier molecular flexibility index (Phi) is 4.85. The van der Waals surface area contributed by atoms with Crippen molar-refractivity contribution in [2.24, 2.45) is 0 Å². The quantitative estimate of drug-likeness (QED) is 0.721. The first-order chi connectivity index (χ1) is 12.1. The Labute approximate surface area is 161 Å². The van der Waals surface area contributed by atoms with Crippen LogP contribution in [0.2, 0.25) is 5.02 Å². The first-order valence-corrected chi connectivity index (χ1v) is 9.84. The molecule has 3 nitrogen and oxygen atoms in total. The van der Waals surface area contributed by atoms with Gasteiger partial charge in [-0.25, -0.2) is 0 Å². The summed E-state index contributed by atoms with van der Waals surface area (Å²) in [4.78, 5) is 17.3. The van der Waals surface area contributed by atoms with Crippen molar-refractivity contribution in [1.82, 2.24) is 9.80 Å². The second-order valence-electron chi connectivity index (χ2n) is 6.81. The molecule has 130 valence electrons. The monoisotopic (exact) mass is 418 g/mol. The van der Waals surface area contributed by atoms with E-state index >= 15 is 0 Å². The van der Waals surface area contributed by atoms with Gasteiger partial charge in [-0.1, -0.05) is 51.8 Å². The standard InChI is InChI=1S/C20H20BrClN2O/c21-16-5-6-19(22)18(11-16)20(25)24-10-8-17(13-24)23-9-7-14-3-1-2-4-15(14)12-23/h1-6,11,17H,7-10,12-13H2. The smallest absolute Gasteiger partial charge is 0.255 e. The molecule has 1 atom stereocenters. The molecule has 2 aliphatic heterocycles. The lowest BCUT2D eigenvalue weighted by atomic mass is 9.98. The maximum absolute atomic E-state index is 12.8. The third-order valence-corrected chi connectivity index (χ3v) is 6.11. The van der Waals surface area contributed by atoms with Crippen molar-refractivity contribution < 1.29 is 4.79 Å². The van der Waals surface area contributed by atoms with E-state index in [1.807, 2.05) is 17.0 Å². The van der Waals surface area contributed by atoms with E-state index in [9.17, 15) is 4.79 Å². The van der Waals surface area contributed by atoms with Crippen molar-refractivity contribution in [3.8, 4) is 0 Å². The molecule has 2 aromatic rings. The zero-order chi connectivity index (χ0) is 17.4. The van der Waals surface area contributed by atoms with E-state index < -0.39 is 0 Å². The van der Waals surface area contributed by atoms with Gasteiger partial charge >= 0.3 is 0 Å². The average molecular weight is 420 g/mol. The van der Waals surface area contributed by atoms with Gasteiger partial charge in [-0.3, -0.25) is 9.69 Å². The van der Waals surface area contributed by atoms with Crippen LogP contribution in [0.15, 0.2) is 46.9 Å². The van der Waals surface area contributed by atoms with Gasteiger partial charge in [0.2, 0.25) is 0 Å². The van der Waals surface area contributed by atoms with Crippen LogP contribution >= 0.6 is 27.5 Å². The van der Waals surface area contributed by atoms with Crippen LogP contribution in [0.3, 0.4) is 0 Å². The van der Waals surface area contributed by atoms with Gasteiger partial charge in [-0.15, -0.1) is 0 Å². The SMILES string of the molecule is O=C(c1cc(Br)ccc1Cl)N1CCC(N2CCc3ccccc3C2)C1. The number of hydrogen-bond donors (Lipinski definition) is 0. The van der Waals surface area contributed by atoms with Crippen molar-refractivity contribution in [3.05, 3.63) is 68.7 Å². The molecule has 4 rings (SSSR count). The summed E-state index contributed by atoms with van der Waals surface area (Å²) in [5.74, 6) is 0.0335.